The van der Waals surface area contributed by atoms with Crippen LogP contribution in [0.5, 0.6) is 0 Å². The summed E-state index contributed by atoms with van der Waals surface area (Å²) in [5.74, 6) is 1.91. The van der Waals surface area contributed by atoms with Crippen LogP contribution in [0.4, 0.5) is 16.0 Å². The number of rotatable bonds is 9. The molecule has 0 bridgehead atoms. The molecule has 8 heteroatoms. The monoisotopic (exact) mass is 508 g/mol. The molecule has 4 rings (SSSR count). The topological polar surface area (TPSA) is 34.0 Å². The Bertz CT molecular complexity index is 1100. The zero-order valence-electron chi connectivity index (χ0n) is 19.5. The van der Waals surface area contributed by atoms with Crippen molar-refractivity contribution in [3.63, 3.8) is 0 Å². The van der Waals surface area contributed by atoms with Gasteiger partial charge in [-0.25, -0.2) is 9.07 Å². The number of thioether (sulfide) groups is 1. The SMILES string of the molecule is CCCn1nc(N(c2ccc(SC)cc2Cl)C(CC2CC2)c2ccc(C)c(F)c2)nc1C.Cl. The minimum absolute atomic E-state index is 0. The number of aromatic nitrogens is 3. The van der Waals surface area contributed by atoms with Crippen LogP contribution in [0, 0.1) is 25.6 Å². The number of halogens is 3. The first-order valence-corrected chi connectivity index (χ1v) is 12.8. The van der Waals surface area contributed by atoms with E-state index in [-0.39, 0.29) is 24.3 Å². The Morgan fingerprint density at radius 2 is 1.97 bits per heavy atom. The van der Waals surface area contributed by atoms with Crippen LogP contribution < -0.4 is 4.90 Å². The summed E-state index contributed by atoms with van der Waals surface area (Å²) in [5.41, 5.74) is 2.42. The van der Waals surface area contributed by atoms with Gasteiger partial charge in [-0.05, 0) is 74.3 Å². The van der Waals surface area contributed by atoms with E-state index in [9.17, 15) is 4.39 Å². The van der Waals surface area contributed by atoms with Gasteiger partial charge in [0.15, 0.2) is 0 Å². The lowest BCUT2D eigenvalue weighted by Crippen LogP contribution is -2.26. The second-order valence-electron chi connectivity index (χ2n) is 8.57. The summed E-state index contributed by atoms with van der Waals surface area (Å²) in [5, 5.41) is 5.50. The summed E-state index contributed by atoms with van der Waals surface area (Å²) in [7, 11) is 0. The summed E-state index contributed by atoms with van der Waals surface area (Å²) in [6.45, 7) is 6.70. The third-order valence-electron chi connectivity index (χ3n) is 6.06. The van der Waals surface area contributed by atoms with Crippen LogP contribution in [0.3, 0.4) is 0 Å². The Labute approximate surface area is 211 Å². The van der Waals surface area contributed by atoms with E-state index in [0.29, 0.717) is 22.5 Å². The zero-order valence-corrected chi connectivity index (χ0v) is 21.9. The molecule has 0 spiro atoms. The molecule has 1 heterocycles. The maximum absolute atomic E-state index is 14.6. The predicted octanol–water partition coefficient (Wildman–Crippen LogP) is 7.92. The standard InChI is InChI=1S/C25H30ClFN4S.ClH/c1-5-12-30-17(3)28-25(29-30)31(23-11-10-20(32-4)15-21(23)26)24(13-18-7-8-18)19-9-6-16(2)22(27)14-19;/h6,9-11,14-15,18,24H,5,7-8,12-13H2,1-4H3;1H. The quantitative estimate of drug-likeness (QED) is 0.275. The van der Waals surface area contributed by atoms with Crippen molar-refractivity contribution in [1.82, 2.24) is 14.8 Å². The fraction of sp³-hybridized carbons (Fsp3) is 0.440. The van der Waals surface area contributed by atoms with E-state index in [1.54, 1.807) is 24.8 Å². The van der Waals surface area contributed by atoms with E-state index in [0.717, 1.165) is 41.4 Å². The highest BCUT2D eigenvalue weighted by Gasteiger charge is 2.34. The predicted molar refractivity (Wildman–Crippen MR) is 139 cm³/mol. The van der Waals surface area contributed by atoms with Crippen molar-refractivity contribution in [2.45, 2.75) is 63.9 Å². The van der Waals surface area contributed by atoms with Crippen LogP contribution in [0.1, 0.15) is 55.6 Å². The highest BCUT2D eigenvalue weighted by atomic mass is 35.5. The Kier molecular flexibility index (Phi) is 8.70. The van der Waals surface area contributed by atoms with Gasteiger partial charge in [0.2, 0.25) is 5.95 Å². The molecule has 1 aliphatic rings. The Morgan fingerprint density at radius 1 is 1.21 bits per heavy atom. The molecule has 178 valence electrons. The highest BCUT2D eigenvalue weighted by molar-refractivity contribution is 7.98. The van der Waals surface area contributed by atoms with Gasteiger partial charge in [0.1, 0.15) is 11.6 Å². The van der Waals surface area contributed by atoms with Crippen molar-refractivity contribution < 1.29 is 4.39 Å². The third-order valence-corrected chi connectivity index (χ3v) is 7.08. The number of benzene rings is 2. The van der Waals surface area contributed by atoms with Crippen molar-refractivity contribution >= 4 is 47.4 Å². The first kappa shape index (κ1) is 25.9. The molecule has 0 saturated heterocycles. The van der Waals surface area contributed by atoms with Crippen LogP contribution in [0.2, 0.25) is 5.02 Å². The molecule has 1 aromatic heterocycles. The molecule has 1 atom stereocenters. The van der Waals surface area contributed by atoms with Crippen LogP contribution in [0.15, 0.2) is 41.3 Å². The van der Waals surface area contributed by atoms with Crippen molar-refractivity contribution in [2.24, 2.45) is 5.92 Å². The van der Waals surface area contributed by atoms with Gasteiger partial charge in [0.25, 0.3) is 0 Å². The molecule has 1 saturated carbocycles. The number of aryl methyl sites for hydroxylation is 3. The summed E-state index contributed by atoms with van der Waals surface area (Å²) in [4.78, 5) is 8.04. The molecular formula is C25H31Cl2FN4S. The fourth-order valence-corrected chi connectivity index (χ4v) is 4.81. The number of hydrogen-bond donors (Lipinski definition) is 0. The molecule has 0 N–H and O–H groups in total. The zero-order chi connectivity index (χ0) is 22.8. The second-order valence-corrected chi connectivity index (χ2v) is 9.86. The van der Waals surface area contributed by atoms with Crippen molar-refractivity contribution in [2.75, 3.05) is 11.2 Å². The van der Waals surface area contributed by atoms with Crippen LogP contribution in [-0.2, 0) is 6.54 Å². The summed E-state index contributed by atoms with van der Waals surface area (Å²) in [6.07, 6.45) is 6.32. The smallest absolute Gasteiger partial charge is 0.250 e. The minimum atomic E-state index is -0.187. The molecule has 1 fully saturated rings. The van der Waals surface area contributed by atoms with Gasteiger partial charge < -0.3 is 4.90 Å². The number of anilines is 2. The molecule has 0 amide bonds. The maximum atomic E-state index is 14.6. The summed E-state index contributed by atoms with van der Waals surface area (Å²) < 4.78 is 16.6. The van der Waals surface area contributed by atoms with E-state index in [1.165, 1.54) is 12.8 Å². The molecule has 4 nitrogen and oxygen atoms in total. The van der Waals surface area contributed by atoms with Crippen LogP contribution in [-0.4, -0.2) is 21.0 Å². The van der Waals surface area contributed by atoms with Gasteiger partial charge in [-0.1, -0.05) is 43.5 Å². The number of nitrogens with zero attached hydrogens (tertiary/aromatic N) is 4. The van der Waals surface area contributed by atoms with Crippen molar-refractivity contribution in [3.05, 3.63) is 64.2 Å². The summed E-state index contributed by atoms with van der Waals surface area (Å²) >= 11 is 8.46. The van der Waals surface area contributed by atoms with Gasteiger partial charge >= 0.3 is 0 Å². The third kappa shape index (κ3) is 5.84. The Hall–Kier alpha value is -1.76. The first-order chi connectivity index (χ1) is 15.4. The van der Waals surface area contributed by atoms with E-state index in [2.05, 4.69) is 17.9 Å². The van der Waals surface area contributed by atoms with E-state index < -0.39 is 0 Å². The van der Waals surface area contributed by atoms with E-state index >= 15 is 0 Å². The molecule has 0 radical (unpaired) electrons. The van der Waals surface area contributed by atoms with Gasteiger partial charge in [-0.3, -0.25) is 0 Å². The van der Waals surface area contributed by atoms with E-state index in [4.69, 9.17) is 21.7 Å². The molecule has 1 aliphatic carbocycles. The average Bonchev–Trinajstić information content (AvgIpc) is 3.52. The molecule has 2 aromatic carbocycles. The highest BCUT2D eigenvalue weighted by Crippen LogP contribution is 2.46. The van der Waals surface area contributed by atoms with Gasteiger partial charge in [-0.2, -0.15) is 4.98 Å². The average molecular weight is 510 g/mol. The van der Waals surface area contributed by atoms with Crippen LogP contribution in [0.25, 0.3) is 0 Å². The second kappa shape index (κ2) is 11.1. The Balaban J connectivity index is 0.00000306. The van der Waals surface area contributed by atoms with Gasteiger partial charge in [0, 0.05) is 11.4 Å². The normalized spacial score (nSPS) is 14.1. The van der Waals surface area contributed by atoms with E-state index in [1.807, 2.05) is 42.1 Å². The molecule has 1 unspecified atom stereocenters. The molecule has 0 aliphatic heterocycles. The van der Waals surface area contributed by atoms with Gasteiger partial charge in [0.05, 0.1) is 16.8 Å². The molecule has 3 aromatic rings. The van der Waals surface area contributed by atoms with Crippen molar-refractivity contribution in [1.29, 1.82) is 0 Å². The number of hydrogen-bond acceptors (Lipinski definition) is 4. The van der Waals surface area contributed by atoms with Gasteiger partial charge in [-0.15, -0.1) is 29.3 Å². The Morgan fingerprint density at radius 3 is 2.58 bits per heavy atom. The molecular weight excluding hydrogens is 478 g/mol. The minimum Gasteiger partial charge on any atom is -0.300 e. The lowest BCUT2D eigenvalue weighted by Gasteiger charge is -2.32. The lowest BCUT2D eigenvalue weighted by atomic mass is 9.97. The largest absolute Gasteiger partial charge is 0.300 e. The summed E-state index contributed by atoms with van der Waals surface area (Å²) in [6, 6.07) is 11.5. The van der Waals surface area contributed by atoms with Crippen molar-refractivity contribution in [3.8, 4) is 0 Å². The lowest BCUT2D eigenvalue weighted by molar-refractivity contribution is 0.554. The van der Waals surface area contributed by atoms with Crippen LogP contribution >= 0.6 is 35.8 Å². The first-order valence-electron chi connectivity index (χ1n) is 11.2. The maximum Gasteiger partial charge on any atom is 0.250 e. The molecule has 33 heavy (non-hydrogen) atoms. The fourth-order valence-electron chi connectivity index (χ4n) is 4.03.